The number of anilines is 1. The van der Waals surface area contributed by atoms with Crippen LogP contribution in [-0.4, -0.2) is 42.3 Å². The zero-order valence-electron chi connectivity index (χ0n) is 16.9. The van der Waals surface area contributed by atoms with E-state index in [0.29, 0.717) is 16.8 Å². The number of hydrogen-bond acceptors (Lipinski definition) is 6. The van der Waals surface area contributed by atoms with Gasteiger partial charge in [0.25, 0.3) is 0 Å². The van der Waals surface area contributed by atoms with Crippen LogP contribution in [0.1, 0.15) is 12.5 Å². The largest absolute Gasteiger partial charge is 0.442 e. The third-order valence-corrected chi connectivity index (χ3v) is 4.57. The van der Waals surface area contributed by atoms with Crippen molar-refractivity contribution in [2.75, 3.05) is 18.0 Å². The molecule has 3 rings (SSSR count). The van der Waals surface area contributed by atoms with Gasteiger partial charge in [0.1, 0.15) is 11.9 Å². The molecule has 1 heterocycles. The maximum Gasteiger partial charge on any atom is 0.414 e. The van der Waals surface area contributed by atoms with Gasteiger partial charge in [0.15, 0.2) is 0 Å². The van der Waals surface area contributed by atoms with Crippen LogP contribution in [0.4, 0.5) is 14.9 Å². The number of halogens is 1. The van der Waals surface area contributed by atoms with E-state index in [4.69, 9.17) is 22.0 Å². The van der Waals surface area contributed by atoms with E-state index >= 15 is 0 Å². The summed E-state index contributed by atoms with van der Waals surface area (Å²) >= 11 is 0. The van der Waals surface area contributed by atoms with Gasteiger partial charge in [-0.05, 0) is 29.3 Å². The van der Waals surface area contributed by atoms with E-state index in [2.05, 4.69) is 10.4 Å². The molecule has 0 bridgehead atoms. The number of nitrogens with zero attached hydrogens (tertiary/aromatic N) is 3. The average molecular weight is 429 g/mol. The van der Waals surface area contributed by atoms with Crippen LogP contribution >= 0.6 is 0 Å². The van der Waals surface area contributed by atoms with Crippen molar-refractivity contribution in [1.29, 1.82) is 0 Å². The Bertz CT molecular complexity index is 993. The quantitative estimate of drug-likeness (QED) is 0.220. The fourth-order valence-corrected chi connectivity index (χ4v) is 3.16. The maximum absolute atomic E-state index is 14.8. The number of hydrazone groups is 1. The first-order valence-corrected chi connectivity index (χ1v) is 9.46. The highest BCUT2D eigenvalue weighted by molar-refractivity contribution is 5.90. The molecule has 10 nitrogen and oxygen atoms in total. The predicted molar refractivity (Wildman–Crippen MR) is 114 cm³/mol. The van der Waals surface area contributed by atoms with Gasteiger partial charge in [-0.2, -0.15) is 0 Å². The van der Waals surface area contributed by atoms with E-state index in [0.717, 1.165) is 10.7 Å². The lowest BCUT2D eigenvalue weighted by Crippen LogP contribution is -2.33. The SMILES string of the molecule is CC(=O)NCC1CN(c2ccc(-c3ccc(CN(N)N=C(N)N)cc3)c(F)c2)C(=O)O1. The second-order valence-corrected chi connectivity index (χ2v) is 7.04. The summed E-state index contributed by atoms with van der Waals surface area (Å²) < 4.78 is 20.0. The lowest BCUT2D eigenvalue weighted by molar-refractivity contribution is -0.119. The Morgan fingerprint density at radius 3 is 2.61 bits per heavy atom. The summed E-state index contributed by atoms with van der Waals surface area (Å²) in [5.74, 6) is 4.83. The molecule has 1 aliphatic heterocycles. The molecule has 0 spiro atoms. The standard InChI is InChI=1S/C20H24FN7O3/c1-12(29)25-9-16-11-27(20(30)31-16)15-6-7-17(18(21)8-15)14-4-2-13(3-5-14)10-28(24)26-19(22)23/h2-8,16H,9-11,24H2,1H3,(H,25,29)(H4,22,23,26). The maximum atomic E-state index is 14.8. The normalized spacial score (nSPS) is 15.4. The van der Waals surface area contributed by atoms with E-state index in [1.165, 1.54) is 17.9 Å². The van der Waals surface area contributed by atoms with Gasteiger partial charge in [0.2, 0.25) is 11.9 Å². The second kappa shape index (κ2) is 9.30. The molecule has 0 aromatic heterocycles. The molecule has 31 heavy (non-hydrogen) atoms. The van der Waals surface area contributed by atoms with Crippen LogP contribution in [0.15, 0.2) is 47.6 Å². The Kier molecular flexibility index (Phi) is 6.55. The minimum absolute atomic E-state index is 0.149. The summed E-state index contributed by atoms with van der Waals surface area (Å²) in [7, 11) is 0. The molecular formula is C20H24FN7O3. The monoisotopic (exact) mass is 429 g/mol. The molecule has 2 aromatic rings. The molecule has 1 aliphatic rings. The number of ether oxygens (including phenoxy) is 1. The molecule has 0 saturated carbocycles. The number of rotatable bonds is 7. The van der Waals surface area contributed by atoms with Crippen molar-refractivity contribution in [2.24, 2.45) is 22.4 Å². The first kappa shape index (κ1) is 21.8. The van der Waals surface area contributed by atoms with E-state index < -0.39 is 18.0 Å². The van der Waals surface area contributed by atoms with E-state index in [-0.39, 0.29) is 31.5 Å². The van der Waals surface area contributed by atoms with E-state index in [1.807, 2.05) is 0 Å². The Balaban J connectivity index is 1.70. The van der Waals surface area contributed by atoms with Crippen LogP contribution < -0.4 is 27.5 Å². The summed E-state index contributed by atoms with van der Waals surface area (Å²) in [4.78, 5) is 24.5. The predicted octanol–water partition coefficient (Wildman–Crippen LogP) is 0.818. The number of carbonyl (C=O) groups is 2. The zero-order chi connectivity index (χ0) is 22.5. The minimum Gasteiger partial charge on any atom is -0.442 e. The minimum atomic E-state index is -0.584. The van der Waals surface area contributed by atoms with Gasteiger partial charge in [-0.25, -0.2) is 20.1 Å². The highest BCUT2D eigenvalue weighted by Gasteiger charge is 2.32. The second-order valence-electron chi connectivity index (χ2n) is 7.04. The number of amides is 2. The van der Waals surface area contributed by atoms with Crippen LogP contribution in [0.5, 0.6) is 0 Å². The molecule has 0 radical (unpaired) electrons. The van der Waals surface area contributed by atoms with Crippen LogP contribution in [0.2, 0.25) is 0 Å². The van der Waals surface area contributed by atoms with Gasteiger partial charge in [-0.15, -0.1) is 5.10 Å². The van der Waals surface area contributed by atoms with Crippen molar-refractivity contribution in [3.8, 4) is 11.1 Å². The first-order valence-electron chi connectivity index (χ1n) is 9.46. The number of hydrazine groups is 1. The molecule has 164 valence electrons. The summed E-state index contributed by atoms with van der Waals surface area (Å²) in [5.41, 5.74) is 12.8. The molecule has 1 fully saturated rings. The Hall–Kier alpha value is -3.86. The third-order valence-electron chi connectivity index (χ3n) is 4.57. The average Bonchev–Trinajstić information content (AvgIpc) is 3.07. The number of nitrogens with two attached hydrogens (primary N) is 3. The Morgan fingerprint density at radius 2 is 2.00 bits per heavy atom. The van der Waals surface area contributed by atoms with E-state index in [9.17, 15) is 14.0 Å². The Morgan fingerprint density at radius 1 is 1.29 bits per heavy atom. The van der Waals surface area contributed by atoms with Crippen molar-refractivity contribution in [1.82, 2.24) is 10.4 Å². The van der Waals surface area contributed by atoms with Gasteiger partial charge >= 0.3 is 6.09 Å². The molecular weight excluding hydrogens is 405 g/mol. The molecule has 7 N–H and O–H groups in total. The summed E-state index contributed by atoms with van der Waals surface area (Å²) in [6, 6.07) is 11.6. The first-order chi connectivity index (χ1) is 14.7. The molecule has 1 saturated heterocycles. The van der Waals surface area contributed by atoms with Gasteiger partial charge < -0.3 is 21.5 Å². The van der Waals surface area contributed by atoms with Gasteiger partial charge in [0.05, 0.1) is 25.3 Å². The number of cyclic esters (lactones) is 1. The molecule has 2 amide bonds. The summed E-state index contributed by atoms with van der Waals surface area (Å²) in [5, 5.41) is 7.41. The Labute approximate surface area is 178 Å². The van der Waals surface area contributed by atoms with Crippen molar-refractivity contribution < 1.29 is 18.7 Å². The van der Waals surface area contributed by atoms with Crippen molar-refractivity contribution >= 4 is 23.6 Å². The molecule has 1 atom stereocenters. The van der Waals surface area contributed by atoms with Crippen molar-refractivity contribution in [3.05, 3.63) is 53.8 Å². The van der Waals surface area contributed by atoms with Crippen molar-refractivity contribution in [2.45, 2.75) is 19.6 Å². The number of hydrogen-bond donors (Lipinski definition) is 4. The summed E-state index contributed by atoms with van der Waals surface area (Å²) in [6.45, 7) is 2.08. The van der Waals surface area contributed by atoms with Gasteiger partial charge in [-0.1, -0.05) is 24.3 Å². The zero-order valence-corrected chi connectivity index (χ0v) is 16.9. The molecule has 1 unspecified atom stereocenters. The van der Waals surface area contributed by atoms with Gasteiger partial charge in [0, 0.05) is 12.5 Å². The third kappa shape index (κ3) is 5.60. The number of carbonyl (C=O) groups excluding carboxylic acids is 2. The highest BCUT2D eigenvalue weighted by atomic mass is 19.1. The number of guanidine groups is 1. The number of nitrogens with one attached hydrogen (secondary N) is 1. The van der Waals surface area contributed by atoms with E-state index in [1.54, 1.807) is 36.4 Å². The van der Waals surface area contributed by atoms with Crippen LogP contribution in [0.3, 0.4) is 0 Å². The number of benzene rings is 2. The van der Waals surface area contributed by atoms with Gasteiger partial charge in [-0.3, -0.25) is 9.69 Å². The topological polar surface area (TPSA) is 152 Å². The van der Waals surface area contributed by atoms with Crippen LogP contribution in [-0.2, 0) is 16.1 Å². The molecule has 2 aromatic carbocycles. The fraction of sp³-hybridized carbons (Fsp3) is 0.250. The molecule has 0 aliphatic carbocycles. The van der Waals surface area contributed by atoms with Crippen LogP contribution in [0.25, 0.3) is 11.1 Å². The summed E-state index contributed by atoms with van der Waals surface area (Å²) in [6.07, 6.45) is -1.08. The van der Waals surface area contributed by atoms with Crippen molar-refractivity contribution in [3.63, 3.8) is 0 Å². The fourth-order valence-electron chi connectivity index (χ4n) is 3.16. The molecule has 11 heteroatoms. The lowest BCUT2D eigenvalue weighted by atomic mass is 10.0. The van der Waals surface area contributed by atoms with Crippen LogP contribution in [0, 0.1) is 5.82 Å². The smallest absolute Gasteiger partial charge is 0.414 e. The lowest BCUT2D eigenvalue weighted by Gasteiger charge is -2.15. The highest BCUT2D eigenvalue weighted by Crippen LogP contribution is 2.29.